The van der Waals surface area contributed by atoms with Gasteiger partial charge in [0.1, 0.15) is 5.75 Å². The molecule has 6 nitrogen and oxygen atoms in total. The number of anilines is 1. The number of benzene rings is 3. The Morgan fingerprint density at radius 3 is 2.21 bits per heavy atom. The van der Waals surface area contributed by atoms with Gasteiger partial charge in [0.25, 0.3) is 0 Å². The smallest absolute Gasteiger partial charge is 0.417 e. The number of carbonyl (C=O) groups is 1. The number of methoxy groups -OCH3 is 1. The molecule has 0 aromatic heterocycles. The summed E-state index contributed by atoms with van der Waals surface area (Å²) in [5.41, 5.74) is -0.485. The molecule has 3 aromatic carbocycles. The zero-order valence-electron chi connectivity index (χ0n) is 17.5. The average Bonchev–Trinajstić information content (AvgIpc) is 2.79. The number of nitrogens with zero attached hydrogens (tertiary/aromatic N) is 1. The number of carbonyl (C=O) groups excluding carboxylic acids is 1. The van der Waals surface area contributed by atoms with Crippen LogP contribution in [0.15, 0.2) is 83.8 Å². The molecular formula is C23H21F3N2O4S. The highest BCUT2D eigenvalue weighted by Gasteiger charge is 2.39. The summed E-state index contributed by atoms with van der Waals surface area (Å²) in [6, 6.07) is 18.7. The van der Waals surface area contributed by atoms with E-state index in [1.807, 2.05) is 0 Å². The number of para-hydroxylation sites is 2. The van der Waals surface area contributed by atoms with E-state index in [1.54, 1.807) is 54.6 Å². The summed E-state index contributed by atoms with van der Waals surface area (Å²) in [7, 11) is -3.29. The van der Waals surface area contributed by atoms with Crippen molar-refractivity contribution in [2.75, 3.05) is 19.0 Å². The van der Waals surface area contributed by atoms with Gasteiger partial charge in [0, 0.05) is 6.54 Å². The summed E-state index contributed by atoms with van der Waals surface area (Å²) in [5.74, 6) is -0.380. The van der Waals surface area contributed by atoms with Crippen LogP contribution >= 0.6 is 0 Å². The molecule has 0 aliphatic heterocycles. The fraction of sp³-hybridized carbons (Fsp3) is 0.174. The van der Waals surface area contributed by atoms with Gasteiger partial charge in [-0.15, -0.1) is 0 Å². The number of hydrogen-bond acceptors (Lipinski definition) is 4. The molecular weight excluding hydrogens is 457 g/mol. The van der Waals surface area contributed by atoms with Crippen LogP contribution in [0.2, 0.25) is 0 Å². The van der Waals surface area contributed by atoms with Crippen LogP contribution in [0.4, 0.5) is 18.9 Å². The van der Waals surface area contributed by atoms with Crippen LogP contribution in [0, 0.1) is 0 Å². The molecule has 3 aromatic rings. The molecule has 0 aliphatic carbocycles. The zero-order chi connectivity index (χ0) is 24.1. The highest BCUT2D eigenvalue weighted by atomic mass is 32.2. The molecule has 0 spiro atoms. The number of ether oxygens (including phenoxy) is 1. The number of rotatable bonds is 8. The number of sulfonamides is 1. The summed E-state index contributed by atoms with van der Waals surface area (Å²) >= 11 is 0. The zero-order valence-corrected chi connectivity index (χ0v) is 18.4. The number of halogens is 3. The van der Waals surface area contributed by atoms with Crippen molar-refractivity contribution >= 4 is 21.6 Å². The molecule has 174 valence electrons. The normalized spacial score (nSPS) is 11.9. The molecule has 0 unspecified atom stereocenters. The van der Waals surface area contributed by atoms with Gasteiger partial charge in [0.05, 0.1) is 29.8 Å². The molecule has 0 heterocycles. The Hall–Kier alpha value is -3.37. The summed E-state index contributed by atoms with van der Waals surface area (Å²) < 4.78 is 73.1. The number of amides is 1. The summed E-state index contributed by atoms with van der Waals surface area (Å²) in [6.07, 6.45) is -4.89. The van der Waals surface area contributed by atoms with Crippen molar-refractivity contribution < 1.29 is 31.1 Å². The lowest BCUT2D eigenvalue weighted by Crippen LogP contribution is -2.38. The molecule has 3 rings (SSSR count). The first-order valence-electron chi connectivity index (χ1n) is 9.76. The van der Waals surface area contributed by atoms with E-state index in [-0.39, 0.29) is 6.54 Å². The van der Waals surface area contributed by atoms with Crippen molar-refractivity contribution in [1.29, 1.82) is 0 Å². The molecule has 1 amide bonds. The van der Waals surface area contributed by atoms with Crippen molar-refractivity contribution in [3.05, 3.63) is 90.0 Å². The number of alkyl halides is 3. The number of nitrogens with one attached hydrogen (secondary N) is 1. The van der Waals surface area contributed by atoms with Crippen molar-refractivity contribution in [2.45, 2.75) is 17.6 Å². The van der Waals surface area contributed by atoms with Crippen LogP contribution in [-0.4, -0.2) is 32.3 Å². The average molecular weight is 478 g/mol. The van der Waals surface area contributed by atoms with Crippen LogP contribution in [-0.2, 0) is 27.5 Å². The van der Waals surface area contributed by atoms with Crippen LogP contribution in [0.5, 0.6) is 5.75 Å². The van der Waals surface area contributed by atoms with E-state index in [0.29, 0.717) is 23.1 Å². The Morgan fingerprint density at radius 2 is 1.55 bits per heavy atom. The highest BCUT2D eigenvalue weighted by molar-refractivity contribution is 7.89. The third-order valence-electron chi connectivity index (χ3n) is 4.71. The Labute approximate surface area is 189 Å². The Morgan fingerprint density at radius 1 is 0.939 bits per heavy atom. The van der Waals surface area contributed by atoms with E-state index >= 15 is 0 Å². The molecule has 0 aliphatic rings. The summed E-state index contributed by atoms with van der Waals surface area (Å²) in [5, 5.41) is 2.55. The van der Waals surface area contributed by atoms with Crippen LogP contribution < -0.4 is 10.1 Å². The Balaban J connectivity index is 1.97. The summed E-state index contributed by atoms with van der Waals surface area (Å²) in [6.45, 7) is -1.00. The first-order valence-corrected chi connectivity index (χ1v) is 11.2. The molecule has 0 atom stereocenters. The van der Waals surface area contributed by atoms with Crippen LogP contribution in [0.25, 0.3) is 0 Å². The SMILES string of the molecule is COc1ccccc1NC(=O)CN(Cc1ccccc1)S(=O)(=O)c1ccccc1C(F)(F)F. The standard InChI is InChI=1S/C23H21F3N2O4S/c1-32-20-13-7-6-12-19(20)27-22(29)16-28(15-17-9-3-2-4-10-17)33(30,31)21-14-8-5-11-18(21)23(24,25)26/h2-14H,15-16H2,1H3,(H,27,29). The first-order chi connectivity index (χ1) is 15.6. The lowest BCUT2D eigenvalue weighted by atomic mass is 10.2. The molecule has 0 saturated heterocycles. The third-order valence-corrected chi connectivity index (χ3v) is 6.56. The molecule has 0 saturated carbocycles. The van der Waals surface area contributed by atoms with Gasteiger partial charge in [0.15, 0.2) is 0 Å². The van der Waals surface area contributed by atoms with Gasteiger partial charge < -0.3 is 10.1 Å². The second kappa shape index (κ2) is 10.1. The van der Waals surface area contributed by atoms with Gasteiger partial charge in [-0.1, -0.05) is 54.6 Å². The fourth-order valence-electron chi connectivity index (χ4n) is 3.18. The maximum atomic E-state index is 13.5. The molecule has 0 fully saturated rings. The van der Waals surface area contributed by atoms with Gasteiger partial charge in [-0.05, 0) is 29.8 Å². The lowest BCUT2D eigenvalue weighted by molar-refractivity contribution is -0.139. The van der Waals surface area contributed by atoms with E-state index in [1.165, 1.54) is 13.2 Å². The highest BCUT2D eigenvalue weighted by Crippen LogP contribution is 2.35. The Kier molecular flexibility index (Phi) is 7.39. The van der Waals surface area contributed by atoms with Crippen molar-refractivity contribution in [3.8, 4) is 5.75 Å². The predicted octanol–water partition coefficient (Wildman–Crippen LogP) is 4.54. The van der Waals surface area contributed by atoms with E-state index < -0.39 is 39.1 Å². The van der Waals surface area contributed by atoms with Gasteiger partial charge in [-0.2, -0.15) is 17.5 Å². The minimum atomic E-state index is -4.89. The maximum Gasteiger partial charge on any atom is 0.417 e. The minimum absolute atomic E-state index is 0.297. The molecule has 0 radical (unpaired) electrons. The maximum absolute atomic E-state index is 13.5. The van der Waals surface area contributed by atoms with Crippen molar-refractivity contribution in [3.63, 3.8) is 0 Å². The first kappa shape index (κ1) is 24.3. The van der Waals surface area contributed by atoms with Gasteiger partial charge in [0.2, 0.25) is 15.9 Å². The quantitative estimate of drug-likeness (QED) is 0.516. The second-order valence-electron chi connectivity index (χ2n) is 7.00. The van der Waals surface area contributed by atoms with E-state index in [9.17, 15) is 26.4 Å². The third kappa shape index (κ3) is 5.91. The minimum Gasteiger partial charge on any atom is -0.495 e. The molecule has 1 N–H and O–H groups in total. The summed E-state index contributed by atoms with van der Waals surface area (Å²) in [4.78, 5) is 11.8. The largest absolute Gasteiger partial charge is 0.495 e. The molecule has 10 heteroatoms. The number of hydrogen-bond donors (Lipinski definition) is 1. The van der Waals surface area contributed by atoms with Gasteiger partial charge in [-0.3, -0.25) is 4.79 Å². The molecule has 33 heavy (non-hydrogen) atoms. The second-order valence-corrected chi connectivity index (χ2v) is 8.91. The van der Waals surface area contributed by atoms with Crippen LogP contribution in [0.3, 0.4) is 0 Å². The van der Waals surface area contributed by atoms with Crippen LogP contribution in [0.1, 0.15) is 11.1 Å². The Bertz CT molecular complexity index is 1220. The molecule has 0 bridgehead atoms. The monoisotopic (exact) mass is 478 g/mol. The van der Waals surface area contributed by atoms with Gasteiger partial charge in [-0.25, -0.2) is 8.42 Å². The van der Waals surface area contributed by atoms with E-state index in [2.05, 4.69) is 5.32 Å². The predicted molar refractivity (Wildman–Crippen MR) is 117 cm³/mol. The van der Waals surface area contributed by atoms with E-state index in [4.69, 9.17) is 4.74 Å². The topological polar surface area (TPSA) is 75.7 Å². The van der Waals surface area contributed by atoms with Gasteiger partial charge >= 0.3 is 6.18 Å². The van der Waals surface area contributed by atoms with Crippen molar-refractivity contribution in [2.24, 2.45) is 0 Å². The van der Waals surface area contributed by atoms with E-state index in [0.717, 1.165) is 16.4 Å². The lowest BCUT2D eigenvalue weighted by Gasteiger charge is -2.24. The fourth-order valence-corrected chi connectivity index (χ4v) is 4.77. The van der Waals surface area contributed by atoms with Crippen molar-refractivity contribution in [1.82, 2.24) is 4.31 Å².